The summed E-state index contributed by atoms with van der Waals surface area (Å²) < 4.78 is 0. The number of aliphatic hydroxyl groups excluding tert-OH is 2. The van der Waals surface area contributed by atoms with E-state index in [1.807, 2.05) is 13.8 Å². The Labute approximate surface area is 83.1 Å². The average Bonchev–Trinajstić information content (AvgIpc) is 1.88. The normalized spacial score (nSPS) is 5.45. The molecule has 0 saturated carbocycles. The fourth-order valence-corrected chi connectivity index (χ4v) is 0. The summed E-state index contributed by atoms with van der Waals surface area (Å²) in [7, 11) is 0. The van der Waals surface area contributed by atoms with E-state index in [-0.39, 0.29) is 32.7 Å². The van der Waals surface area contributed by atoms with E-state index in [2.05, 4.69) is 0 Å². The number of hydrogen-bond acceptors (Lipinski definition) is 2. The topological polar surface area (TPSA) is 103 Å². The summed E-state index contributed by atoms with van der Waals surface area (Å²) in [5, 5.41) is 15.8. The number of aliphatic hydroxyl groups is 2. The molecule has 11 heavy (non-hydrogen) atoms. The molecule has 6 N–H and O–H groups in total. The maximum Gasteiger partial charge on any atom is 0.0428 e. The van der Waals surface area contributed by atoms with Crippen LogP contribution < -0.4 is 0 Å². The zero-order valence-electron chi connectivity index (χ0n) is 7.22. The van der Waals surface area contributed by atoms with Gasteiger partial charge in [-0.15, -0.1) is 0 Å². The SMILES string of the molecule is CCCO.CCCO.O.O.[Ti]. The molecule has 0 heterocycles. The minimum absolute atomic E-state index is 0. The largest absolute Gasteiger partial charge is 0.412 e. The van der Waals surface area contributed by atoms with Crippen molar-refractivity contribution in [3.63, 3.8) is 0 Å². The van der Waals surface area contributed by atoms with Crippen LogP contribution in [0.2, 0.25) is 0 Å². The molecule has 0 bridgehead atoms. The Morgan fingerprint density at radius 2 is 0.909 bits per heavy atom. The van der Waals surface area contributed by atoms with Gasteiger partial charge in [0.2, 0.25) is 0 Å². The summed E-state index contributed by atoms with van der Waals surface area (Å²) in [6.07, 6.45) is 1.75. The van der Waals surface area contributed by atoms with Gasteiger partial charge in [0.1, 0.15) is 0 Å². The molecule has 5 heteroatoms. The molecule has 0 rings (SSSR count). The Kier molecular flexibility index (Phi) is 127. The second-order valence-corrected chi connectivity index (χ2v) is 1.45. The molecule has 0 aliphatic rings. The van der Waals surface area contributed by atoms with Crippen molar-refractivity contribution in [2.45, 2.75) is 26.7 Å². The van der Waals surface area contributed by atoms with Crippen molar-refractivity contribution in [3.05, 3.63) is 0 Å². The minimum atomic E-state index is 0. The maximum atomic E-state index is 7.88. The number of hydrogen-bond donors (Lipinski definition) is 2. The first kappa shape index (κ1) is 30.0. The second-order valence-electron chi connectivity index (χ2n) is 1.45. The van der Waals surface area contributed by atoms with Crippen LogP contribution in [-0.2, 0) is 21.7 Å². The fourth-order valence-electron chi connectivity index (χ4n) is 0. The first-order valence-electron chi connectivity index (χ1n) is 3.05. The van der Waals surface area contributed by atoms with E-state index in [1.165, 1.54) is 0 Å². The van der Waals surface area contributed by atoms with Crippen molar-refractivity contribution in [3.8, 4) is 0 Å². The van der Waals surface area contributed by atoms with E-state index in [9.17, 15) is 0 Å². The Morgan fingerprint density at radius 3 is 0.909 bits per heavy atom. The molecule has 0 aliphatic heterocycles. The first-order valence-corrected chi connectivity index (χ1v) is 3.05. The molecule has 0 aliphatic carbocycles. The van der Waals surface area contributed by atoms with Gasteiger partial charge in [0, 0.05) is 34.9 Å². The molecule has 0 atom stereocenters. The van der Waals surface area contributed by atoms with Gasteiger partial charge < -0.3 is 21.2 Å². The smallest absolute Gasteiger partial charge is 0.0428 e. The summed E-state index contributed by atoms with van der Waals surface area (Å²) in [5.74, 6) is 0. The molecule has 0 aromatic carbocycles. The third-order valence-electron chi connectivity index (χ3n) is 0.447. The average molecular weight is 204 g/mol. The van der Waals surface area contributed by atoms with Crippen molar-refractivity contribution >= 4 is 0 Å². The van der Waals surface area contributed by atoms with Crippen LogP contribution >= 0.6 is 0 Å². The molecule has 0 fully saturated rings. The molecule has 0 saturated heterocycles. The van der Waals surface area contributed by atoms with Crippen LogP contribution in [0.1, 0.15) is 26.7 Å². The van der Waals surface area contributed by atoms with Crippen LogP contribution in [-0.4, -0.2) is 34.4 Å². The van der Waals surface area contributed by atoms with Gasteiger partial charge in [-0.2, -0.15) is 0 Å². The summed E-state index contributed by atoms with van der Waals surface area (Å²) in [5.41, 5.74) is 0. The van der Waals surface area contributed by atoms with Crippen molar-refractivity contribution in [1.29, 1.82) is 0 Å². The monoisotopic (exact) mass is 204 g/mol. The van der Waals surface area contributed by atoms with Crippen LogP contribution in [0.5, 0.6) is 0 Å². The Morgan fingerprint density at radius 1 is 0.818 bits per heavy atom. The van der Waals surface area contributed by atoms with Gasteiger partial charge in [0.25, 0.3) is 0 Å². The van der Waals surface area contributed by atoms with Crippen LogP contribution in [0.15, 0.2) is 0 Å². The Balaban J connectivity index is -0.0000000171. The van der Waals surface area contributed by atoms with E-state index in [0.29, 0.717) is 13.2 Å². The predicted molar refractivity (Wildman–Crippen MR) is 42.0 cm³/mol. The molecule has 0 aromatic heterocycles. The van der Waals surface area contributed by atoms with E-state index in [1.54, 1.807) is 0 Å². The molecule has 0 spiro atoms. The zero-order valence-corrected chi connectivity index (χ0v) is 8.78. The van der Waals surface area contributed by atoms with Crippen molar-refractivity contribution < 1.29 is 42.9 Å². The first-order chi connectivity index (χ1) is 3.83. The van der Waals surface area contributed by atoms with Crippen molar-refractivity contribution in [2.75, 3.05) is 13.2 Å². The fraction of sp³-hybridized carbons (Fsp3) is 1.00. The molecule has 4 nitrogen and oxygen atoms in total. The van der Waals surface area contributed by atoms with Crippen LogP contribution in [0, 0.1) is 0 Å². The van der Waals surface area contributed by atoms with Gasteiger partial charge in [-0.05, 0) is 12.8 Å². The van der Waals surface area contributed by atoms with Gasteiger partial charge in [-0.3, -0.25) is 0 Å². The van der Waals surface area contributed by atoms with Crippen molar-refractivity contribution in [2.24, 2.45) is 0 Å². The number of rotatable bonds is 2. The van der Waals surface area contributed by atoms with Gasteiger partial charge in [0.15, 0.2) is 0 Å². The van der Waals surface area contributed by atoms with E-state index in [4.69, 9.17) is 10.2 Å². The summed E-state index contributed by atoms with van der Waals surface area (Å²) in [6.45, 7) is 4.50. The second kappa shape index (κ2) is 46.4. The third kappa shape index (κ3) is 118. The van der Waals surface area contributed by atoms with Crippen LogP contribution in [0.3, 0.4) is 0 Å². The van der Waals surface area contributed by atoms with Crippen molar-refractivity contribution in [1.82, 2.24) is 0 Å². The van der Waals surface area contributed by atoms with Crippen LogP contribution in [0.25, 0.3) is 0 Å². The zero-order chi connectivity index (χ0) is 6.83. The van der Waals surface area contributed by atoms with Gasteiger partial charge in [-0.1, -0.05) is 13.8 Å². The molecule has 72 valence electrons. The Bertz CT molecular complexity index is 22.5. The molecule has 0 unspecified atom stereocenters. The van der Waals surface area contributed by atoms with Gasteiger partial charge in [-0.25, -0.2) is 0 Å². The summed E-state index contributed by atoms with van der Waals surface area (Å²) in [6, 6.07) is 0. The Hall–Kier alpha value is 0.554. The van der Waals surface area contributed by atoms with E-state index in [0.717, 1.165) is 12.8 Å². The van der Waals surface area contributed by atoms with Gasteiger partial charge in [0.05, 0.1) is 0 Å². The molecule has 0 amide bonds. The minimum Gasteiger partial charge on any atom is -0.412 e. The maximum absolute atomic E-state index is 7.88. The summed E-state index contributed by atoms with van der Waals surface area (Å²) >= 11 is 0. The molecular formula is C6H20O4Ti. The van der Waals surface area contributed by atoms with E-state index < -0.39 is 0 Å². The van der Waals surface area contributed by atoms with Crippen LogP contribution in [0.4, 0.5) is 0 Å². The molecule has 0 radical (unpaired) electrons. The third-order valence-corrected chi connectivity index (χ3v) is 0.447. The molecule has 0 aromatic rings. The quantitative estimate of drug-likeness (QED) is 0.570. The summed E-state index contributed by atoms with van der Waals surface area (Å²) in [4.78, 5) is 0. The van der Waals surface area contributed by atoms with E-state index >= 15 is 0 Å². The molecular weight excluding hydrogens is 184 g/mol. The standard InChI is InChI=1S/2C3H8O.2H2O.Ti/c2*1-2-3-4;;;/h2*4H,2-3H2,1H3;2*1H2;. The predicted octanol–water partition coefficient (Wildman–Crippen LogP) is -0.874. The van der Waals surface area contributed by atoms with Gasteiger partial charge >= 0.3 is 0 Å².